The van der Waals surface area contributed by atoms with Gasteiger partial charge in [-0.1, -0.05) is 19.0 Å². The highest BCUT2D eigenvalue weighted by Crippen LogP contribution is 2.32. The first-order valence-electron chi connectivity index (χ1n) is 7.10. The van der Waals surface area contributed by atoms with E-state index in [2.05, 4.69) is 15.2 Å². The number of urea groups is 1. The smallest absolute Gasteiger partial charge is 0.325 e. The molecule has 1 N–H and O–H groups in total. The van der Waals surface area contributed by atoms with Crippen molar-refractivity contribution in [3.05, 3.63) is 17.5 Å². The Hall–Kier alpha value is -2.05. The normalized spacial score (nSPS) is 18.1. The standard InChI is InChI=1S/C14H21N3O4/c1-9(2)12-7-10(16-21-12)11-5-4-6-17(11)14(19)15-8-13(18)20-3/h7,9,11H,4-6,8H2,1-3H3,(H,15,19)/t11-/m1/s1. The number of nitrogens with zero attached hydrogens (tertiary/aromatic N) is 2. The maximum atomic E-state index is 12.1. The summed E-state index contributed by atoms with van der Waals surface area (Å²) in [5.41, 5.74) is 0.768. The highest BCUT2D eigenvalue weighted by molar-refractivity contribution is 5.81. The number of carbonyl (C=O) groups is 2. The lowest BCUT2D eigenvalue weighted by Gasteiger charge is -2.22. The number of amides is 2. The van der Waals surface area contributed by atoms with Crippen molar-refractivity contribution in [2.75, 3.05) is 20.2 Å². The van der Waals surface area contributed by atoms with Gasteiger partial charge in [-0.25, -0.2) is 4.79 Å². The van der Waals surface area contributed by atoms with Crippen molar-refractivity contribution >= 4 is 12.0 Å². The molecule has 1 atom stereocenters. The monoisotopic (exact) mass is 295 g/mol. The second kappa shape index (κ2) is 6.60. The highest BCUT2D eigenvalue weighted by atomic mass is 16.5. The Labute approximate surface area is 123 Å². The zero-order valence-electron chi connectivity index (χ0n) is 12.6. The molecule has 7 heteroatoms. The summed E-state index contributed by atoms with van der Waals surface area (Å²) < 4.78 is 9.80. The van der Waals surface area contributed by atoms with Crippen LogP contribution in [-0.4, -0.2) is 42.3 Å². The lowest BCUT2D eigenvalue weighted by molar-refractivity contribution is -0.139. The van der Waals surface area contributed by atoms with Gasteiger partial charge in [0, 0.05) is 18.5 Å². The molecule has 0 radical (unpaired) electrons. The summed E-state index contributed by atoms with van der Waals surface area (Å²) >= 11 is 0. The Kier molecular flexibility index (Phi) is 4.82. The molecular formula is C14H21N3O4. The number of aromatic nitrogens is 1. The van der Waals surface area contributed by atoms with Crippen LogP contribution in [0.4, 0.5) is 4.79 Å². The lowest BCUT2D eigenvalue weighted by atomic mass is 10.1. The SMILES string of the molecule is COC(=O)CNC(=O)N1CCC[C@@H]1c1cc(C(C)C)on1. The molecule has 1 aliphatic heterocycles. The molecule has 1 aromatic rings. The third-order valence-corrected chi connectivity index (χ3v) is 3.58. The fourth-order valence-corrected chi connectivity index (χ4v) is 2.37. The van der Waals surface area contributed by atoms with Gasteiger partial charge in [0.2, 0.25) is 0 Å². The summed E-state index contributed by atoms with van der Waals surface area (Å²) in [4.78, 5) is 24.9. The first kappa shape index (κ1) is 15.3. The predicted octanol–water partition coefficient (Wildman–Crippen LogP) is 1.82. The van der Waals surface area contributed by atoms with Crippen LogP contribution < -0.4 is 5.32 Å². The molecule has 0 spiro atoms. The number of esters is 1. The van der Waals surface area contributed by atoms with Crippen molar-refractivity contribution in [2.24, 2.45) is 0 Å². The van der Waals surface area contributed by atoms with Crippen LogP contribution in [0.2, 0.25) is 0 Å². The molecule has 7 nitrogen and oxygen atoms in total. The Bertz CT molecular complexity index is 512. The van der Waals surface area contributed by atoms with E-state index in [9.17, 15) is 9.59 Å². The molecule has 2 rings (SSSR count). The molecule has 0 saturated carbocycles. The summed E-state index contributed by atoms with van der Waals surface area (Å²) in [7, 11) is 1.29. The molecule has 0 aromatic carbocycles. The Morgan fingerprint density at radius 2 is 2.33 bits per heavy atom. The molecule has 1 fully saturated rings. The first-order valence-corrected chi connectivity index (χ1v) is 7.10. The zero-order chi connectivity index (χ0) is 15.4. The number of likely N-dealkylation sites (tertiary alicyclic amines) is 1. The number of hydrogen-bond donors (Lipinski definition) is 1. The number of hydrogen-bond acceptors (Lipinski definition) is 5. The van der Waals surface area contributed by atoms with E-state index in [4.69, 9.17) is 4.52 Å². The fourth-order valence-electron chi connectivity index (χ4n) is 2.37. The maximum Gasteiger partial charge on any atom is 0.325 e. The lowest BCUT2D eigenvalue weighted by Crippen LogP contribution is -2.41. The van der Waals surface area contributed by atoms with Crippen LogP contribution in [-0.2, 0) is 9.53 Å². The third kappa shape index (κ3) is 3.53. The van der Waals surface area contributed by atoms with Gasteiger partial charge in [0.1, 0.15) is 18.0 Å². The topological polar surface area (TPSA) is 84.7 Å². The van der Waals surface area contributed by atoms with Gasteiger partial charge < -0.3 is 19.5 Å². The van der Waals surface area contributed by atoms with Crippen LogP contribution in [0.25, 0.3) is 0 Å². The van der Waals surface area contributed by atoms with Crippen LogP contribution >= 0.6 is 0 Å². The summed E-state index contributed by atoms with van der Waals surface area (Å²) in [6, 6.07) is 1.53. The van der Waals surface area contributed by atoms with E-state index in [-0.39, 0.29) is 24.5 Å². The van der Waals surface area contributed by atoms with Crippen molar-refractivity contribution in [2.45, 2.75) is 38.6 Å². The summed E-state index contributed by atoms with van der Waals surface area (Å²) in [6.07, 6.45) is 1.75. The number of methoxy groups -OCH3 is 1. The molecule has 1 saturated heterocycles. The number of rotatable bonds is 4. The Morgan fingerprint density at radius 1 is 1.57 bits per heavy atom. The van der Waals surface area contributed by atoms with E-state index in [1.165, 1.54) is 7.11 Å². The van der Waals surface area contributed by atoms with Crippen molar-refractivity contribution in [1.29, 1.82) is 0 Å². The van der Waals surface area contributed by atoms with E-state index >= 15 is 0 Å². The summed E-state index contributed by atoms with van der Waals surface area (Å²) in [6.45, 7) is 4.57. The molecule has 2 amide bonds. The Balaban J connectivity index is 2.02. The number of ether oxygens (including phenoxy) is 1. The quantitative estimate of drug-likeness (QED) is 0.856. The molecule has 21 heavy (non-hydrogen) atoms. The minimum atomic E-state index is -0.470. The molecule has 0 aliphatic carbocycles. The van der Waals surface area contributed by atoms with Crippen LogP contribution in [0.15, 0.2) is 10.6 Å². The van der Waals surface area contributed by atoms with Gasteiger partial charge in [0.15, 0.2) is 0 Å². The van der Waals surface area contributed by atoms with Gasteiger partial charge in [-0.05, 0) is 12.8 Å². The van der Waals surface area contributed by atoms with E-state index in [0.717, 1.165) is 24.3 Å². The molecule has 2 heterocycles. The fraction of sp³-hybridized carbons (Fsp3) is 0.643. The predicted molar refractivity (Wildman–Crippen MR) is 74.7 cm³/mol. The minimum absolute atomic E-state index is 0.0982. The molecule has 0 unspecified atom stereocenters. The van der Waals surface area contributed by atoms with Gasteiger partial charge in [-0.2, -0.15) is 0 Å². The number of nitrogens with one attached hydrogen (secondary N) is 1. The van der Waals surface area contributed by atoms with E-state index < -0.39 is 5.97 Å². The first-order chi connectivity index (χ1) is 10.0. The van der Waals surface area contributed by atoms with Gasteiger partial charge >= 0.3 is 12.0 Å². The average molecular weight is 295 g/mol. The molecule has 116 valence electrons. The molecular weight excluding hydrogens is 274 g/mol. The maximum absolute atomic E-state index is 12.1. The van der Waals surface area contributed by atoms with Gasteiger partial charge in [0.05, 0.1) is 13.2 Å². The molecule has 0 bridgehead atoms. The van der Waals surface area contributed by atoms with Crippen molar-refractivity contribution < 1.29 is 18.8 Å². The Morgan fingerprint density at radius 3 is 2.95 bits per heavy atom. The van der Waals surface area contributed by atoms with Gasteiger partial charge in [-0.3, -0.25) is 4.79 Å². The van der Waals surface area contributed by atoms with Gasteiger partial charge in [0.25, 0.3) is 0 Å². The van der Waals surface area contributed by atoms with Crippen LogP contribution in [0.5, 0.6) is 0 Å². The zero-order valence-corrected chi connectivity index (χ0v) is 12.6. The highest BCUT2D eigenvalue weighted by Gasteiger charge is 2.32. The second-order valence-corrected chi connectivity index (χ2v) is 5.40. The largest absolute Gasteiger partial charge is 0.468 e. The van der Waals surface area contributed by atoms with Gasteiger partial charge in [-0.15, -0.1) is 0 Å². The third-order valence-electron chi connectivity index (χ3n) is 3.58. The van der Waals surface area contributed by atoms with Crippen LogP contribution in [0.3, 0.4) is 0 Å². The minimum Gasteiger partial charge on any atom is -0.468 e. The summed E-state index contributed by atoms with van der Waals surface area (Å²) in [5.74, 6) is 0.601. The van der Waals surface area contributed by atoms with E-state index in [1.54, 1.807) is 4.90 Å². The number of carbonyl (C=O) groups excluding carboxylic acids is 2. The van der Waals surface area contributed by atoms with Crippen molar-refractivity contribution in [3.63, 3.8) is 0 Å². The van der Waals surface area contributed by atoms with Crippen molar-refractivity contribution in [1.82, 2.24) is 15.4 Å². The van der Waals surface area contributed by atoms with E-state index in [0.29, 0.717) is 6.54 Å². The second-order valence-electron chi connectivity index (χ2n) is 5.40. The van der Waals surface area contributed by atoms with E-state index in [1.807, 2.05) is 19.9 Å². The molecule has 1 aliphatic rings. The molecule has 1 aromatic heterocycles. The summed E-state index contributed by atoms with van der Waals surface area (Å²) in [5, 5.41) is 6.63. The van der Waals surface area contributed by atoms with Crippen LogP contribution in [0.1, 0.15) is 50.1 Å². The van der Waals surface area contributed by atoms with Crippen molar-refractivity contribution in [3.8, 4) is 0 Å². The average Bonchev–Trinajstić information content (AvgIpc) is 3.11. The van der Waals surface area contributed by atoms with Crippen LogP contribution in [0, 0.1) is 0 Å².